The van der Waals surface area contributed by atoms with Crippen LogP contribution >= 0.6 is 0 Å². The topological polar surface area (TPSA) is 95.9 Å². The fraction of sp³-hybridized carbons (Fsp3) is 1.00. The van der Waals surface area contributed by atoms with Crippen LogP contribution in [0.1, 0.15) is 20.3 Å². The molecule has 1 aliphatic heterocycles. The Morgan fingerprint density at radius 1 is 1.20 bits per heavy atom. The van der Waals surface area contributed by atoms with Crippen molar-refractivity contribution in [2.24, 2.45) is 11.7 Å². The molecule has 1 heterocycles. The molecule has 0 saturated carbocycles. The SMILES string of the molecule is CCC(C)C1OC(CN)C(O)C(O)C1O. The first kappa shape index (κ1) is 12.9. The van der Waals surface area contributed by atoms with Crippen LogP contribution in [0.15, 0.2) is 0 Å². The molecule has 0 aliphatic carbocycles. The molecule has 6 unspecified atom stereocenters. The molecule has 90 valence electrons. The van der Waals surface area contributed by atoms with E-state index in [1.807, 2.05) is 13.8 Å². The van der Waals surface area contributed by atoms with Crippen molar-refractivity contribution in [2.45, 2.75) is 50.8 Å². The first-order chi connectivity index (χ1) is 7.02. The Hall–Kier alpha value is -0.200. The lowest BCUT2D eigenvalue weighted by Crippen LogP contribution is -2.60. The molecule has 0 aromatic rings. The Morgan fingerprint density at radius 2 is 1.80 bits per heavy atom. The summed E-state index contributed by atoms with van der Waals surface area (Å²) in [6.07, 6.45) is -3.54. The molecule has 1 aliphatic rings. The van der Waals surface area contributed by atoms with E-state index < -0.39 is 30.5 Å². The molecule has 0 radical (unpaired) electrons. The van der Waals surface area contributed by atoms with Crippen molar-refractivity contribution in [1.82, 2.24) is 0 Å². The molecule has 15 heavy (non-hydrogen) atoms. The van der Waals surface area contributed by atoms with Crippen LogP contribution in [-0.2, 0) is 4.74 Å². The van der Waals surface area contributed by atoms with Gasteiger partial charge in [0, 0.05) is 6.54 Å². The van der Waals surface area contributed by atoms with Gasteiger partial charge in [-0.15, -0.1) is 0 Å². The Labute approximate surface area is 89.9 Å². The summed E-state index contributed by atoms with van der Waals surface area (Å²) in [5.74, 6) is 0.121. The molecule has 5 nitrogen and oxygen atoms in total. The Morgan fingerprint density at radius 3 is 2.27 bits per heavy atom. The van der Waals surface area contributed by atoms with Crippen LogP contribution in [0.5, 0.6) is 0 Å². The van der Waals surface area contributed by atoms with E-state index in [1.165, 1.54) is 0 Å². The third kappa shape index (κ3) is 2.49. The largest absolute Gasteiger partial charge is 0.388 e. The highest BCUT2D eigenvalue weighted by Crippen LogP contribution is 2.26. The lowest BCUT2D eigenvalue weighted by atomic mass is 9.87. The average molecular weight is 219 g/mol. The van der Waals surface area contributed by atoms with Crippen LogP contribution in [0.25, 0.3) is 0 Å². The van der Waals surface area contributed by atoms with Crippen molar-refractivity contribution in [3.8, 4) is 0 Å². The maximum Gasteiger partial charge on any atom is 0.111 e. The second kappa shape index (κ2) is 5.23. The molecule has 5 heteroatoms. The normalized spacial score (nSPS) is 44.0. The van der Waals surface area contributed by atoms with Gasteiger partial charge in [0.15, 0.2) is 0 Å². The summed E-state index contributed by atoms with van der Waals surface area (Å²) >= 11 is 0. The summed E-state index contributed by atoms with van der Waals surface area (Å²) in [6, 6.07) is 0. The molecular formula is C10H21NO4. The van der Waals surface area contributed by atoms with Crippen LogP contribution < -0.4 is 5.73 Å². The molecule has 0 spiro atoms. The monoisotopic (exact) mass is 219 g/mol. The van der Waals surface area contributed by atoms with Gasteiger partial charge in [-0.25, -0.2) is 0 Å². The number of hydrogen-bond donors (Lipinski definition) is 4. The van der Waals surface area contributed by atoms with Gasteiger partial charge in [0.25, 0.3) is 0 Å². The molecule has 1 fully saturated rings. The minimum Gasteiger partial charge on any atom is -0.388 e. The number of aliphatic hydroxyl groups is 3. The number of aliphatic hydroxyl groups excluding tert-OH is 3. The Balaban J connectivity index is 2.74. The van der Waals surface area contributed by atoms with E-state index in [0.717, 1.165) is 6.42 Å². The zero-order valence-electron chi connectivity index (χ0n) is 9.21. The molecule has 1 saturated heterocycles. The first-order valence-electron chi connectivity index (χ1n) is 5.42. The highest BCUT2D eigenvalue weighted by molar-refractivity contribution is 4.93. The fourth-order valence-corrected chi connectivity index (χ4v) is 1.88. The van der Waals surface area contributed by atoms with Crippen molar-refractivity contribution >= 4 is 0 Å². The van der Waals surface area contributed by atoms with Crippen LogP contribution in [0.4, 0.5) is 0 Å². The standard InChI is InChI=1S/C10H21NO4/c1-3-5(2)10-9(14)8(13)7(12)6(4-11)15-10/h5-10,12-14H,3-4,11H2,1-2H3. The third-order valence-electron chi connectivity index (χ3n) is 3.19. The number of hydrogen-bond acceptors (Lipinski definition) is 5. The summed E-state index contributed by atoms with van der Waals surface area (Å²) in [5.41, 5.74) is 5.43. The maximum absolute atomic E-state index is 9.75. The molecule has 0 bridgehead atoms. The van der Waals surface area contributed by atoms with Gasteiger partial charge in [-0.2, -0.15) is 0 Å². The van der Waals surface area contributed by atoms with Gasteiger partial charge in [-0.05, 0) is 5.92 Å². The number of nitrogens with two attached hydrogens (primary N) is 1. The van der Waals surface area contributed by atoms with Crippen LogP contribution in [0, 0.1) is 5.92 Å². The Kier molecular flexibility index (Phi) is 4.48. The van der Waals surface area contributed by atoms with Gasteiger partial charge in [-0.1, -0.05) is 20.3 Å². The lowest BCUT2D eigenvalue weighted by Gasteiger charge is -2.42. The maximum atomic E-state index is 9.75. The second-order valence-corrected chi connectivity index (χ2v) is 4.23. The van der Waals surface area contributed by atoms with Gasteiger partial charge in [0.1, 0.15) is 18.3 Å². The van der Waals surface area contributed by atoms with Gasteiger partial charge < -0.3 is 25.8 Å². The fourth-order valence-electron chi connectivity index (χ4n) is 1.88. The second-order valence-electron chi connectivity index (χ2n) is 4.23. The quantitative estimate of drug-likeness (QED) is 0.480. The third-order valence-corrected chi connectivity index (χ3v) is 3.19. The van der Waals surface area contributed by atoms with Crippen molar-refractivity contribution in [3.63, 3.8) is 0 Å². The van der Waals surface area contributed by atoms with Gasteiger partial charge >= 0.3 is 0 Å². The van der Waals surface area contributed by atoms with Gasteiger partial charge in [0.05, 0.1) is 12.2 Å². The predicted molar refractivity (Wildman–Crippen MR) is 55.2 cm³/mol. The summed E-state index contributed by atoms with van der Waals surface area (Å²) in [7, 11) is 0. The zero-order valence-corrected chi connectivity index (χ0v) is 9.21. The highest BCUT2D eigenvalue weighted by atomic mass is 16.5. The predicted octanol–water partition coefficient (Wildman–Crippen LogP) is -1.16. The van der Waals surface area contributed by atoms with Crippen molar-refractivity contribution in [3.05, 3.63) is 0 Å². The lowest BCUT2D eigenvalue weighted by molar-refractivity contribution is -0.230. The average Bonchev–Trinajstić information content (AvgIpc) is 2.25. The van der Waals surface area contributed by atoms with Crippen LogP contribution in [-0.4, -0.2) is 52.4 Å². The summed E-state index contributed by atoms with van der Waals surface area (Å²) in [5, 5.41) is 28.9. The van der Waals surface area contributed by atoms with E-state index in [9.17, 15) is 15.3 Å². The highest BCUT2D eigenvalue weighted by Gasteiger charge is 2.44. The van der Waals surface area contributed by atoms with E-state index in [0.29, 0.717) is 0 Å². The van der Waals surface area contributed by atoms with E-state index in [-0.39, 0.29) is 12.5 Å². The van der Waals surface area contributed by atoms with Crippen molar-refractivity contribution in [1.29, 1.82) is 0 Å². The summed E-state index contributed by atoms with van der Waals surface area (Å²) in [4.78, 5) is 0. The van der Waals surface area contributed by atoms with E-state index in [4.69, 9.17) is 10.5 Å². The minimum atomic E-state index is -1.17. The van der Waals surface area contributed by atoms with Gasteiger partial charge in [-0.3, -0.25) is 0 Å². The molecule has 0 aromatic carbocycles. The van der Waals surface area contributed by atoms with Crippen molar-refractivity contribution < 1.29 is 20.1 Å². The molecular weight excluding hydrogens is 198 g/mol. The molecule has 0 aromatic heterocycles. The zero-order chi connectivity index (χ0) is 11.6. The van der Waals surface area contributed by atoms with Crippen LogP contribution in [0.3, 0.4) is 0 Å². The molecule has 5 N–H and O–H groups in total. The first-order valence-corrected chi connectivity index (χ1v) is 5.42. The molecule has 6 atom stereocenters. The van der Waals surface area contributed by atoms with E-state index >= 15 is 0 Å². The van der Waals surface area contributed by atoms with E-state index in [1.54, 1.807) is 0 Å². The summed E-state index contributed by atoms with van der Waals surface area (Å²) in [6.45, 7) is 4.05. The Bertz CT molecular complexity index is 200. The molecule has 1 rings (SSSR count). The van der Waals surface area contributed by atoms with Gasteiger partial charge in [0.2, 0.25) is 0 Å². The van der Waals surface area contributed by atoms with E-state index in [2.05, 4.69) is 0 Å². The number of rotatable bonds is 3. The minimum absolute atomic E-state index is 0.121. The van der Waals surface area contributed by atoms with Crippen molar-refractivity contribution in [2.75, 3.05) is 6.54 Å². The summed E-state index contributed by atoms with van der Waals surface area (Å²) < 4.78 is 5.50. The number of ether oxygens (including phenoxy) is 1. The van der Waals surface area contributed by atoms with Crippen LogP contribution in [0.2, 0.25) is 0 Å². The smallest absolute Gasteiger partial charge is 0.111 e. The molecule has 0 amide bonds.